The van der Waals surface area contributed by atoms with Crippen molar-refractivity contribution in [3.8, 4) is 0 Å². The van der Waals surface area contributed by atoms with Crippen molar-refractivity contribution in [1.29, 1.82) is 0 Å². The summed E-state index contributed by atoms with van der Waals surface area (Å²) in [5, 5.41) is 15.4. The average Bonchev–Trinajstić information content (AvgIpc) is 2.78. The number of anilines is 1. The van der Waals surface area contributed by atoms with E-state index in [4.69, 9.17) is 5.73 Å². The number of imide groups is 1. The van der Waals surface area contributed by atoms with Gasteiger partial charge in [-0.05, 0) is 18.6 Å². The molecule has 1 fully saturated rings. The van der Waals surface area contributed by atoms with E-state index in [0.717, 1.165) is 4.90 Å². The molecule has 0 aromatic heterocycles. The highest BCUT2D eigenvalue weighted by molar-refractivity contribution is 6.24. The molecule has 0 spiro atoms. The number of aliphatic hydroxyl groups is 1. The lowest BCUT2D eigenvalue weighted by Gasteiger charge is -2.33. The number of amides is 3. The molecule has 5 N–H and O–H groups in total. The molecule has 23 heavy (non-hydrogen) atoms. The molecule has 8 heteroatoms. The van der Waals surface area contributed by atoms with Gasteiger partial charge in [0, 0.05) is 25.2 Å². The summed E-state index contributed by atoms with van der Waals surface area (Å²) < 4.78 is 0. The van der Waals surface area contributed by atoms with Crippen LogP contribution in [-0.4, -0.2) is 53.1 Å². The number of fused-ring (bicyclic) bond motifs is 1. The summed E-state index contributed by atoms with van der Waals surface area (Å²) in [7, 11) is 0. The highest BCUT2D eigenvalue weighted by Gasteiger charge is 2.45. The second kappa shape index (κ2) is 5.98. The van der Waals surface area contributed by atoms with Gasteiger partial charge in [0.1, 0.15) is 6.23 Å². The van der Waals surface area contributed by atoms with Crippen LogP contribution in [-0.2, 0) is 4.79 Å². The van der Waals surface area contributed by atoms with Crippen LogP contribution in [0.5, 0.6) is 0 Å². The van der Waals surface area contributed by atoms with E-state index < -0.39 is 24.1 Å². The molecule has 2 heterocycles. The van der Waals surface area contributed by atoms with E-state index in [0.29, 0.717) is 24.3 Å². The van der Waals surface area contributed by atoms with Gasteiger partial charge in [-0.15, -0.1) is 0 Å². The quantitative estimate of drug-likeness (QED) is 0.541. The minimum absolute atomic E-state index is 0.160. The first kappa shape index (κ1) is 15.4. The highest BCUT2D eigenvalue weighted by atomic mass is 16.3. The molecular formula is C15H18N4O4. The summed E-state index contributed by atoms with van der Waals surface area (Å²) in [6.07, 6.45) is -0.851. The first-order valence-corrected chi connectivity index (χ1v) is 7.47. The molecule has 3 amide bonds. The Labute approximate surface area is 132 Å². The predicted octanol–water partition coefficient (Wildman–Crippen LogP) is -0.750. The molecule has 3 rings (SSSR count). The zero-order valence-corrected chi connectivity index (χ0v) is 12.4. The van der Waals surface area contributed by atoms with Crippen LogP contribution >= 0.6 is 0 Å². The van der Waals surface area contributed by atoms with Crippen LogP contribution in [0.15, 0.2) is 18.2 Å². The largest absolute Gasteiger partial charge is 0.383 e. The van der Waals surface area contributed by atoms with Crippen molar-refractivity contribution in [3.63, 3.8) is 0 Å². The molecule has 2 aliphatic heterocycles. The van der Waals surface area contributed by atoms with Gasteiger partial charge in [0.05, 0.1) is 17.2 Å². The maximum absolute atomic E-state index is 12.7. The normalized spacial score (nSPS) is 23.7. The van der Waals surface area contributed by atoms with Gasteiger partial charge in [0.15, 0.2) is 0 Å². The minimum atomic E-state index is -1.25. The summed E-state index contributed by atoms with van der Waals surface area (Å²) in [5.74, 6) is -1.22. The number of carbonyl (C=O) groups excluding carboxylic acids is 3. The maximum Gasteiger partial charge on any atom is 0.264 e. The zero-order valence-electron chi connectivity index (χ0n) is 12.4. The number of piperidine rings is 1. The van der Waals surface area contributed by atoms with Crippen molar-refractivity contribution in [2.75, 3.05) is 18.4 Å². The van der Waals surface area contributed by atoms with Crippen molar-refractivity contribution in [2.45, 2.75) is 25.1 Å². The Balaban J connectivity index is 1.93. The summed E-state index contributed by atoms with van der Waals surface area (Å²) in [5.41, 5.74) is 6.59. The second-order valence-electron chi connectivity index (χ2n) is 5.54. The van der Waals surface area contributed by atoms with Crippen LogP contribution in [0.25, 0.3) is 0 Å². The topological polar surface area (TPSA) is 125 Å². The molecule has 2 aliphatic rings. The van der Waals surface area contributed by atoms with Crippen molar-refractivity contribution >= 4 is 23.4 Å². The van der Waals surface area contributed by atoms with E-state index in [-0.39, 0.29) is 24.3 Å². The van der Waals surface area contributed by atoms with E-state index in [9.17, 15) is 19.5 Å². The number of benzene rings is 1. The summed E-state index contributed by atoms with van der Waals surface area (Å²) in [4.78, 5) is 37.7. The van der Waals surface area contributed by atoms with Crippen LogP contribution in [0.2, 0.25) is 0 Å². The van der Waals surface area contributed by atoms with Crippen molar-refractivity contribution < 1.29 is 19.5 Å². The smallest absolute Gasteiger partial charge is 0.264 e. The lowest BCUT2D eigenvalue weighted by atomic mass is 10.0. The number of hydrogen-bond donors (Lipinski definition) is 4. The molecule has 122 valence electrons. The third-order valence-corrected chi connectivity index (χ3v) is 4.08. The summed E-state index contributed by atoms with van der Waals surface area (Å²) >= 11 is 0. The van der Waals surface area contributed by atoms with E-state index in [1.165, 1.54) is 0 Å². The molecule has 0 aliphatic carbocycles. The van der Waals surface area contributed by atoms with Gasteiger partial charge in [-0.2, -0.15) is 0 Å². The summed E-state index contributed by atoms with van der Waals surface area (Å²) in [6.45, 7) is 0.864. The first-order chi connectivity index (χ1) is 11.0. The number of rotatable bonds is 4. The van der Waals surface area contributed by atoms with Gasteiger partial charge in [0.25, 0.3) is 11.8 Å². The van der Waals surface area contributed by atoms with Gasteiger partial charge in [-0.3, -0.25) is 19.3 Å². The Bertz CT molecular complexity index is 675. The van der Waals surface area contributed by atoms with E-state index >= 15 is 0 Å². The first-order valence-electron chi connectivity index (χ1n) is 7.47. The van der Waals surface area contributed by atoms with Crippen LogP contribution in [0, 0.1) is 0 Å². The number of hydrogen-bond acceptors (Lipinski definition) is 6. The highest BCUT2D eigenvalue weighted by Crippen LogP contribution is 2.32. The Kier molecular flexibility index (Phi) is 4.01. The third kappa shape index (κ3) is 2.55. The fraction of sp³-hybridized carbons (Fsp3) is 0.400. The molecule has 1 saturated heterocycles. The van der Waals surface area contributed by atoms with Crippen molar-refractivity contribution in [3.05, 3.63) is 29.3 Å². The molecule has 1 aromatic rings. The molecular weight excluding hydrogens is 300 g/mol. The van der Waals surface area contributed by atoms with Crippen molar-refractivity contribution in [1.82, 2.24) is 10.2 Å². The van der Waals surface area contributed by atoms with E-state index in [1.807, 2.05) is 0 Å². The van der Waals surface area contributed by atoms with Gasteiger partial charge in [0.2, 0.25) is 5.91 Å². The number of nitrogens with one attached hydrogen (secondary N) is 2. The van der Waals surface area contributed by atoms with E-state index in [2.05, 4.69) is 10.6 Å². The van der Waals surface area contributed by atoms with Gasteiger partial charge >= 0.3 is 0 Å². The summed E-state index contributed by atoms with van der Waals surface area (Å²) in [6, 6.07) is 4.22. The van der Waals surface area contributed by atoms with Crippen LogP contribution in [0.1, 0.15) is 33.6 Å². The molecule has 2 atom stereocenters. The lowest BCUT2D eigenvalue weighted by molar-refractivity contribution is -0.129. The maximum atomic E-state index is 12.7. The van der Waals surface area contributed by atoms with Crippen LogP contribution in [0.4, 0.5) is 5.69 Å². The fourth-order valence-electron chi connectivity index (χ4n) is 3.00. The SMILES string of the molecule is NCCNc1cccc2c1C(=O)N(C1CCC(=O)NC1O)C2=O. The van der Waals surface area contributed by atoms with Gasteiger partial charge < -0.3 is 21.5 Å². The molecule has 0 saturated carbocycles. The van der Waals surface area contributed by atoms with Gasteiger partial charge in [-0.25, -0.2) is 0 Å². The Morgan fingerprint density at radius 2 is 2.09 bits per heavy atom. The molecule has 0 bridgehead atoms. The van der Waals surface area contributed by atoms with Crippen molar-refractivity contribution in [2.24, 2.45) is 5.73 Å². The minimum Gasteiger partial charge on any atom is -0.383 e. The Hall–Kier alpha value is -2.45. The fourth-order valence-corrected chi connectivity index (χ4v) is 3.00. The molecule has 1 aromatic carbocycles. The molecule has 2 unspecified atom stereocenters. The Morgan fingerprint density at radius 3 is 2.78 bits per heavy atom. The second-order valence-corrected chi connectivity index (χ2v) is 5.54. The average molecular weight is 318 g/mol. The predicted molar refractivity (Wildman–Crippen MR) is 81.7 cm³/mol. The zero-order chi connectivity index (χ0) is 16.6. The Morgan fingerprint density at radius 1 is 1.30 bits per heavy atom. The van der Waals surface area contributed by atoms with Gasteiger partial charge in [-0.1, -0.05) is 6.07 Å². The number of aliphatic hydroxyl groups excluding tert-OH is 1. The number of carbonyl (C=O) groups is 3. The molecule has 8 nitrogen and oxygen atoms in total. The lowest BCUT2D eigenvalue weighted by Crippen LogP contribution is -2.57. The molecule has 0 radical (unpaired) electrons. The van der Waals surface area contributed by atoms with Crippen LogP contribution in [0.3, 0.4) is 0 Å². The van der Waals surface area contributed by atoms with Crippen LogP contribution < -0.4 is 16.4 Å². The van der Waals surface area contributed by atoms with E-state index in [1.54, 1.807) is 18.2 Å². The monoisotopic (exact) mass is 318 g/mol. The number of nitrogens with two attached hydrogens (primary N) is 1. The number of nitrogens with zero attached hydrogens (tertiary/aromatic N) is 1. The third-order valence-electron chi connectivity index (χ3n) is 4.08. The standard InChI is InChI=1S/C15H18N4O4/c16-6-7-17-9-3-1-2-8-12(9)15(23)19(14(8)22)10-4-5-11(20)18-13(10)21/h1-3,10,13,17,21H,4-7,16H2,(H,18,20).